The highest BCUT2D eigenvalue weighted by molar-refractivity contribution is 7.98. The number of ether oxygens (including phenoxy) is 1. The Kier molecular flexibility index (Phi) is 3.70. The summed E-state index contributed by atoms with van der Waals surface area (Å²) in [6, 6.07) is 7.61. The summed E-state index contributed by atoms with van der Waals surface area (Å²) in [6.45, 7) is 0.587. The first kappa shape index (κ1) is 12.5. The van der Waals surface area contributed by atoms with Gasteiger partial charge in [0.1, 0.15) is 5.75 Å². The van der Waals surface area contributed by atoms with Crippen molar-refractivity contribution in [2.45, 2.75) is 24.6 Å². The lowest BCUT2D eigenvalue weighted by Gasteiger charge is -2.03. The van der Waals surface area contributed by atoms with Crippen molar-refractivity contribution in [3.8, 4) is 17.2 Å². The van der Waals surface area contributed by atoms with Crippen molar-refractivity contribution in [1.29, 1.82) is 0 Å². The van der Waals surface area contributed by atoms with Crippen LogP contribution in [0.4, 0.5) is 0 Å². The highest BCUT2D eigenvalue weighted by Crippen LogP contribution is 2.32. The van der Waals surface area contributed by atoms with E-state index in [1.54, 1.807) is 19.1 Å². The molecule has 1 heterocycles. The first-order chi connectivity index (χ1) is 9.36. The van der Waals surface area contributed by atoms with Crippen LogP contribution in [0.2, 0.25) is 0 Å². The quantitative estimate of drug-likeness (QED) is 0.819. The Balaban J connectivity index is 1.68. The first-order valence-corrected chi connectivity index (χ1v) is 7.09. The first-order valence-electron chi connectivity index (χ1n) is 6.21. The van der Waals surface area contributed by atoms with Crippen LogP contribution in [0.25, 0.3) is 11.5 Å². The molecule has 0 radical (unpaired) electrons. The van der Waals surface area contributed by atoms with E-state index in [0.29, 0.717) is 18.3 Å². The maximum atomic E-state index is 5.64. The highest BCUT2D eigenvalue weighted by Gasteiger charge is 2.22. The number of aromatic nitrogens is 2. The second kappa shape index (κ2) is 5.63. The van der Waals surface area contributed by atoms with Crippen LogP contribution in [-0.2, 0) is 6.54 Å². The van der Waals surface area contributed by atoms with Gasteiger partial charge in [-0.05, 0) is 25.0 Å². The molecule has 6 heteroatoms. The molecular weight excluding hydrogens is 262 g/mol. The maximum Gasteiger partial charge on any atom is 0.251 e. The molecule has 1 saturated carbocycles. The number of hydrogen-bond acceptors (Lipinski definition) is 6. The van der Waals surface area contributed by atoms with E-state index in [-0.39, 0.29) is 0 Å². The van der Waals surface area contributed by atoms with E-state index >= 15 is 0 Å². The lowest BCUT2D eigenvalue weighted by molar-refractivity contribution is 0.413. The lowest BCUT2D eigenvalue weighted by atomic mass is 10.2. The summed E-state index contributed by atoms with van der Waals surface area (Å²) < 4.78 is 14.2. The molecule has 1 aromatic carbocycles. The monoisotopic (exact) mass is 277 g/mol. The minimum absolute atomic E-state index is 0.491. The molecule has 3 rings (SSSR count). The molecule has 0 spiro atoms. The van der Waals surface area contributed by atoms with Crippen LogP contribution >= 0.6 is 11.9 Å². The molecule has 1 aliphatic rings. The minimum Gasteiger partial charge on any atom is -0.496 e. The fourth-order valence-electron chi connectivity index (χ4n) is 1.66. The number of benzene rings is 1. The van der Waals surface area contributed by atoms with Gasteiger partial charge >= 0.3 is 0 Å². The van der Waals surface area contributed by atoms with E-state index in [0.717, 1.165) is 16.6 Å². The Labute approximate surface area is 115 Å². The Hall–Kier alpha value is -1.53. The molecule has 0 atom stereocenters. The lowest BCUT2D eigenvalue weighted by Crippen LogP contribution is -2.04. The molecule has 1 N–H and O–H groups in total. The van der Waals surface area contributed by atoms with Gasteiger partial charge in [0.2, 0.25) is 5.89 Å². The summed E-state index contributed by atoms with van der Waals surface area (Å²) >= 11 is 1.75. The smallest absolute Gasteiger partial charge is 0.251 e. The number of methoxy groups -OCH3 is 1. The van der Waals surface area contributed by atoms with Crippen molar-refractivity contribution in [2.24, 2.45) is 0 Å². The van der Waals surface area contributed by atoms with Crippen LogP contribution in [-0.4, -0.2) is 22.6 Å². The molecule has 0 bridgehead atoms. The zero-order chi connectivity index (χ0) is 13.1. The van der Waals surface area contributed by atoms with Gasteiger partial charge in [0.05, 0.1) is 19.2 Å². The second-order valence-corrected chi connectivity index (χ2v) is 5.53. The number of nitrogens with zero attached hydrogens (tertiary/aromatic N) is 2. The molecule has 2 aromatic rings. The van der Waals surface area contributed by atoms with Crippen molar-refractivity contribution >= 4 is 11.9 Å². The number of nitrogens with one attached hydrogen (secondary N) is 1. The molecule has 0 amide bonds. The highest BCUT2D eigenvalue weighted by atomic mass is 32.2. The van der Waals surface area contributed by atoms with Crippen molar-refractivity contribution in [3.05, 3.63) is 30.2 Å². The molecular formula is C13H15N3O2S. The SMILES string of the molecule is COc1ccccc1-c1nnc(CNSC2CC2)o1. The molecule has 100 valence electrons. The summed E-state index contributed by atoms with van der Waals surface area (Å²) in [6.07, 6.45) is 2.60. The van der Waals surface area contributed by atoms with Gasteiger partial charge in [-0.15, -0.1) is 10.2 Å². The Bertz CT molecular complexity index is 554. The summed E-state index contributed by atoms with van der Waals surface area (Å²) in [5.74, 6) is 1.82. The molecule has 0 saturated heterocycles. The van der Waals surface area contributed by atoms with Crippen molar-refractivity contribution in [1.82, 2.24) is 14.9 Å². The van der Waals surface area contributed by atoms with Crippen LogP contribution < -0.4 is 9.46 Å². The van der Waals surface area contributed by atoms with E-state index in [4.69, 9.17) is 9.15 Å². The largest absolute Gasteiger partial charge is 0.496 e. The fourth-order valence-corrected chi connectivity index (χ4v) is 2.48. The van der Waals surface area contributed by atoms with E-state index in [1.165, 1.54) is 12.8 Å². The summed E-state index contributed by atoms with van der Waals surface area (Å²) in [5, 5.41) is 8.86. The van der Waals surface area contributed by atoms with E-state index in [1.807, 2.05) is 24.3 Å². The van der Waals surface area contributed by atoms with Gasteiger partial charge in [0.25, 0.3) is 5.89 Å². The Morgan fingerprint density at radius 2 is 2.21 bits per heavy atom. The van der Waals surface area contributed by atoms with Gasteiger partial charge in [-0.2, -0.15) is 0 Å². The van der Waals surface area contributed by atoms with E-state index < -0.39 is 0 Å². The van der Waals surface area contributed by atoms with Crippen LogP contribution in [0.1, 0.15) is 18.7 Å². The van der Waals surface area contributed by atoms with Gasteiger partial charge in [0.15, 0.2) is 0 Å². The van der Waals surface area contributed by atoms with Crippen LogP contribution in [0, 0.1) is 0 Å². The van der Waals surface area contributed by atoms with Gasteiger partial charge in [0, 0.05) is 5.25 Å². The second-order valence-electron chi connectivity index (χ2n) is 4.34. The zero-order valence-corrected chi connectivity index (χ0v) is 11.4. The number of rotatable bonds is 6. The van der Waals surface area contributed by atoms with Gasteiger partial charge in [-0.1, -0.05) is 24.1 Å². The van der Waals surface area contributed by atoms with Crippen LogP contribution in [0.3, 0.4) is 0 Å². The van der Waals surface area contributed by atoms with Gasteiger partial charge in [-0.3, -0.25) is 4.72 Å². The molecule has 19 heavy (non-hydrogen) atoms. The molecule has 5 nitrogen and oxygen atoms in total. The molecule has 0 unspecified atom stereocenters. The number of para-hydroxylation sites is 1. The Morgan fingerprint density at radius 1 is 1.37 bits per heavy atom. The maximum absolute atomic E-state index is 5.64. The summed E-state index contributed by atoms with van der Waals surface area (Å²) in [5.41, 5.74) is 0.818. The standard InChI is InChI=1S/C13H15N3O2S/c1-17-11-5-3-2-4-10(11)13-16-15-12(18-13)8-14-19-9-6-7-9/h2-5,9,14H,6-8H2,1H3. The molecule has 1 aliphatic carbocycles. The Morgan fingerprint density at radius 3 is 3.00 bits per heavy atom. The third kappa shape index (κ3) is 3.08. The summed E-state index contributed by atoms with van der Waals surface area (Å²) in [7, 11) is 1.63. The average molecular weight is 277 g/mol. The topological polar surface area (TPSA) is 60.2 Å². The van der Waals surface area contributed by atoms with Crippen LogP contribution in [0.5, 0.6) is 5.75 Å². The third-order valence-corrected chi connectivity index (χ3v) is 3.92. The minimum atomic E-state index is 0.491. The predicted molar refractivity (Wildman–Crippen MR) is 73.7 cm³/mol. The zero-order valence-electron chi connectivity index (χ0n) is 10.6. The number of hydrogen-bond donors (Lipinski definition) is 1. The van der Waals surface area contributed by atoms with E-state index in [2.05, 4.69) is 14.9 Å². The fraction of sp³-hybridized carbons (Fsp3) is 0.385. The van der Waals surface area contributed by atoms with Gasteiger partial charge in [-0.25, -0.2) is 0 Å². The third-order valence-electron chi connectivity index (χ3n) is 2.80. The summed E-state index contributed by atoms with van der Waals surface area (Å²) in [4.78, 5) is 0. The van der Waals surface area contributed by atoms with Gasteiger partial charge < -0.3 is 9.15 Å². The normalized spacial score (nSPS) is 14.6. The predicted octanol–water partition coefficient (Wildman–Crippen LogP) is 2.65. The van der Waals surface area contributed by atoms with E-state index in [9.17, 15) is 0 Å². The molecule has 0 aliphatic heterocycles. The van der Waals surface area contributed by atoms with Crippen molar-refractivity contribution in [2.75, 3.05) is 7.11 Å². The van der Waals surface area contributed by atoms with Crippen LogP contribution in [0.15, 0.2) is 28.7 Å². The van der Waals surface area contributed by atoms with Crippen molar-refractivity contribution in [3.63, 3.8) is 0 Å². The molecule has 1 fully saturated rings. The molecule has 1 aromatic heterocycles. The van der Waals surface area contributed by atoms with Crippen molar-refractivity contribution < 1.29 is 9.15 Å². The average Bonchev–Trinajstić information content (AvgIpc) is 3.15.